The molecule has 0 N–H and O–H groups in total. The van der Waals surface area contributed by atoms with Gasteiger partial charge in [-0.05, 0) is 59.3 Å². The number of sulfonamides is 1. The molecule has 0 radical (unpaired) electrons. The van der Waals surface area contributed by atoms with E-state index >= 15 is 0 Å². The van der Waals surface area contributed by atoms with Gasteiger partial charge in [-0.2, -0.15) is 0 Å². The number of ether oxygens (including phenoxy) is 2. The third-order valence-electron chi connectivity index (χ3n) is 9.97. The number of anilines is 1. The summed E-state index contributed by atoms with van der Waals surface area (Å²) in [6.07, 6.45) is 2.00. The number of fused-ring (bicyclic) bond motifs is 3. The van der Waals surface area contributed by atoms with Crippen molar-refractivity contribution in [2.75, 3.05) is 24.6 Å². The molecule has 0 unspecified atom stereocenters. The molecule has 3 aliphatic rings. The van der Waals surface area contributed by atoms with Crippen LogP contribution in [0.5, 0.6) is 5.75 Å². The van der Waals surface area contributed by atoms with Crippen LogP contribution in [0.15, 0.2) is 59.2 Å². The molecule has 1 saturated heterocycles. The summed E-state index contributed by atoms with van der Waals surface area (Å²) in [6, 6.07) is 13.2. The second-order valence-corrected chi connectivity index (χ2v) is 20.4. The standard InChI is InChI=1S/C34H48N2O6SSi/c1-9-12-25-21-30(42-44(22(2)3,23(4)5)24(6)7)31-28-13-10-11-14-29(28)36(33(31)32(25)35-19-20-41-34(35)37)43(38,39)27-17-15-26(40-8)16-18-27/h10-11,13-18,22-25,32-33H,9,12,19-21H2,1-8H3/t25-,32+,33+/m0/s1. The molecule has 3 atom stereocenters. The molecule has 1 aliphatic carbocycles. The number of methoxy groups -OCH3 is 1. The Bertz CT molecular complexity index is 1480. The van der Waals surface area contributed by atoms with Gasteiger partial charge in [-0.1, -0.05) is 73.1 Å². The van der Waals surface area contributed by atoms with Gasteiger partial charge in [0, 0.05) is 17.6 Å². The number of allylic oxidation sites excluding steroid dienone is 1. The van der Waals surface area contributed by atoms with Gasteiger partial charge in [0.15, 0.2) is 0 Å². The fourth-order valence-electron chi connectivity index (χ4n) is 8.22. The summed E-state index contributed by atoms with van der Waals surface area (Å²) in [6.45, 7) is 16.5. The van der Waals surface area contributed by atoms with Gasteiger partial charge in [0.2, 0.25) is 0 Å². The summed E-state index contributed by atoms with van der Waals surface area (Å²) in [5.41, 5.74) is 3.41. The molecular weight excluding hydrogens is 593 g/mol. The van der Waals surface area contributed by atoms with Gasteiger partial charge in [0.1, 0.15) is 12.4 Å². The topological polar surface area (TPSA) is 85.4 Å². The number of hydrogen-bond donors (Lipinski definition) is 0. The van der Waals surface area contributed by atoms with Crippen molar-refractivity contribution in [3.05, 3.63) is 59.9 Å². The van der Waals surface area contributed by atoms with E-state index in [2.05, 4.69) is 48.5 Å². The molecule has 10 heteroatoms. The first-order chi connectivity index (χ1) is 20.9. The van der Waals surface area contributed by atoms with E-state index in [1.807, 2.05) is 24.3 Å². The highest BCUT2D eigenvalue weighted by Crippen LogP contribution is 2.55. The summed E-state index contributed by atoms with van der Waals surface area (Å²) >= 11 is 0. The molecular formula is C34H48N2O6SSi. The largest absolute Gasteiger partial charge is 0.545 e. The molecule has 5 rings (SSSR count). The summed E-state index contributed by atoms with van der Waals surface area (Å²) in [5, 5.41) is 0. The van der Waals surface area contributed by atoms with E-state index in [0.717, 1.165) is 29.7 Å². The minimum atomic E-state index is -4.06. The Morgan fingerprint density at radius 2 is 1.61 bits per heavy atom. The molecule has 2 aromatic carbocycles. The molecule has 240 valence electrons. The highest BCUT2D eigenvalue weighted by molar-refractivity contribution is 7.93. The average Bonchev–Trinajstić information content (AvgIpc) is 3.57. The Balaban J connectivity index is 1.80. The zero-order chi connectivity index (χ0) is 32.0. The van der Waals surface area contributed by atoms with Gasteiger partial charge < -0.3 is 13.9 Å². The highest BCUT2D eigenvalue weighted by atomic mass is 32.2. The van der Waals surface area contributed by atoms with Gasteiger partial charge in [0.05, 0.1) is 42.1 Å². The number of carbonyl (C=O) groups is 1. The molecule has 2 aromatic rings. The van der Waals surface area contributed by atoms with Crippen molar-refractivity contribution in [1.29, 1.82) is 0 Å². The molecule has 2 aliphatic heterocycles. The van der Waals surface area contributed by atoms with Gasteiger partial charge in [0.25, 0.3) is 18.3 Å². The highest BCUT2D eigenvalue weighted by Gasteiger charge is 2.56. The average molecular weight is 641 g/mol. The van der Waals surface area contributed by atoms with E-state index in [0.29, 0.717) is 47.6 Å². The Kier molecular flexibility index (Phi) is 9.15. The predicted octanol–water partition coefficient (Wildman–Crippen LogP) is 7.82. The van der Waals surface area contributed by atoms with Crippen LogP contribution in [0, 0.1) is 5.92 Å². The second kappa shape index (κ2) is 12.4. The maximum absolute atomic E-state index is 14.8. The normalized spacial score (nSPS) is 22.2. The Morgan fingerprint density at radius 3 is 2.16 bits per heavy atom. The number of amides is 1. The number of cyclic esters (lactones) is 1. The van der Waals surface area contributed by atoms with Crippen LogP contribution in [0.2, 0.25) is 16.6 Å². The molecule has 0 saturated carbocycles. The van der Waals surface area contributed by atoms with Crippen LogP contribution in [-0.2, 0) is 19.2 Å². The lowest BCUT2D eigenvalue weighted by Crippen LogP contribution is -2.58. The molecule has 0 aromatic heterocycles. The minimum absolute atomic E-state index is 0.00420. The molecule has 0 bridgehead atoms. The first-order valence-corrected chi connectivity index (χ1v) is 19.6. The van der Waals surface area contributed by atoms with Crippen molar-refractivity contribution in [3.8, 4) is 5.75 Å². The van der Waals surface area contributed by atoms with E-state index in [1.165, 1.54) is 0 Å². The number of benzene rings is 2. The van der Waals surface area contributed by atoms with Crippen molar-refractivity contribution in [2.24, 2.45) is 5.92 Å². The first-order valence-electron chi connectivity index (χ1n) is 16.0. The van der Waals surface area contributed by atoms with Gasteiger partial charge in [-0.25, -0.2) is 13.2 Å². The number of para-hydroxylation sites is 1. The van der Waals surface area contributed by atoms with E-state index in [4.69, 9.17) is 13.9 Å². The minimum Gasteiger partial charge on any atom is -0.545 e. The van der Waals surface area contributed by atoms with Crippen LogP contribution < -0.4 is 9.04 Å². The lowest BCUT2D eigenvalue weighted by molar-refractivity contribution is 0.120. The van der Waals surface area contributed by atoms with Crippen LogP contribution in [-0.4, -0.2) is 60.1 Å². The molecule has 1 amide bonds. The van der Waals surface area contributed by atoms with Gasteiger partial charge >= 0.3 is 6.09 Å². The lowest BCUT2D eigenvalue weighted by Gasteiger charge is -2.48. The molecule has 44 heavy (non-hydrogen) atoms. The molecule has 2 heterocycles. The Hall–Kier alpha value is -2.98. The zero-order valence-electron chi connectivity index (χ0n) is 27.4. The van der Waals surface area contributed by atoms with E-state index in [9.17, 15) is 13.2 Å². The molecule has 0 spiro atoms. The van der Waals surface area contributed by atoms with Crippen molar-refractivity contribution in [2.45, 2.75) is 101 Å². The number of hydrogen-bond acceptors (Lipinski definition) is 6. The number of carbonyl (C=O) groups excluding carboxylic acids is 1. The third kappa shape index (κ3) is 5.21. The zero-order valence-corrected chi connectivity index (χ0v) is 29.2. The first kappa shape index (κ1) is 32.4. The second-order valence-electron chi connectivity index (χ2n) is 13.2. The SMILES string of the molecule is CCC[C@H]1CC(O[Si](C(C)C)(C(C)C)C(C)C)=C2c3ccccc3N(S(=O)(=O)c3ccc(OC)cc3)[C@H]2[C@@H]1N1CCOC1=O. The summed E-state index contributed by atoms with van der Waals surface area (Å²) in [5.74, 6) is 1.48. The fraction of sp³-hybridized carbons (Fsp3) is 0.559. The smallest absolute Gasteiger partial charge is 0.410 e. The maximum atomic E-state index is 14.8. The van der Waals surface area contributed by atoms with Crippen LogP contribution in [0.3, 0.4) is 0 Å². The Morgan fingerprint density at radius 1 is 0.977 bits per heavy atom. The summed E-state index contributed by atoms with van der Waals surface area (Å²) in [4.78, 5) is 15.2. The van der Waals surface area contributed by atoms with Crippen molar-refractivity contribution in [3.63, 3.8) is 0 Å². The number of nitrogens with zero attached hydrogens (tertiary/aromatic N) is 2. The number of rotatable bonds is 11. The quantitative estimate of drug-likeness (QED) is 0.233. The van der Waals surface area contributed by atoms with Crippen molar-refractivity contribution < 1.29 is 27.1 Å². The maximum Gasteiger partial charge on any atom is 0.410 e. The molecule has 8 nitrogen and oxygen atoms in total. The van der Waals surface area contributed by atoms with Gasteiger partial charge in [-0.3, -0.25) is 9.21 Å². The van der Waals surface area contributed by atoms with Crippen LogP contribution >= 0.6 is 0 Å². The molecule has 1 fully saturated rings. The fourth-order valence-corrected chi connectivity index (χ4v) is 15.2. The Labute approximate surface area is 264 Å². The van der Waals surface area contributed by atoms with E-state index in [-0.39, 0.29) is 16.9 Å². The van der Waals surface area contributed by atoms with Crippen LogP contribution in [0.25, 0.3) is 5.57 Å². The van der Waals surface area contributed by atoms with E-state index in [1.54, 1.807) is 40.6 Å². The van der Waals surface area contributed by atoms with E-state index < -0.39 is 30.4 Å². The van der Waals surface area contributed by atoms with Crippen LogP contribution in [0.1, 0.15) is 73.3 Å². The summed E-state index contributed by atoms with van der Waals surface area (Å²) < 4.78 is 49.4. The lowest BCUT2D eigenvalue weighted by atomic mass is 9.76. The van der Waals surface area contributed by atoms with Gasteiger partial charge in [-0.15, -0.1) is 0 Å². The monoisotopic (exact) mass is 640 g/mol. The predicted molar refractivity (Wildman–Crippen MR) is 177 cm³/mol. The van der Waals surface area contributed by atoms with Crippen molar-refractivity contribution >= 4 is 35.7 Å². The van der Waals surface area contributed by atoms with Crippen molar-refractivity contribution in [1.82, 2.24) is 4.90 Å². The van der Waals surface area contributed by atoms with Crippen LogP contribution in [0.4, 0.5) is 10.5 Å². The summed E-state index contributed by atoms with van der Waals surface area (Å²) in [7, 11) is -4.91. The third-order valence-corrected chi connectivity index (χ3v) is 17.8.